The number of aryl methyl sites for hydroxylation is 4. The molecule has 0 fully saturated rings. The molecular weight excluding hydrogens is 316 g/mol. The van der Waals surface area contributed by atoms with Gasteiger partial charge < -0.3 is 4.98 Å². The number of aromatic amines is 1. The molecule has 26 heavy (non-hydrogen) atoms. The minimum atomic E-state index is 1.14. The maximum Gasteiger partial charge on any atom is 0.0456 e. The lowest BCUT2D eigenvalue weighted by atomic mass is 10.0. The SMILES string of the molecule is Cc1ccc(CCCc2ccncc2)cc1.Cc1cccc2[nH]ccc12. The zero-order valence-electron chi connectivity index (χ0n) is 15.6. The van der Waals surface area contributed by atoms with Crippen LogP contribution in [0.2, 0.25) is 0 Å². The third-order valence-electron chi connectivity index (χ3n) is 4.61. The molecule has 2 aromatic carbocycles. The molecule has 0 aliphatic carbocycles. The fourth-order valence-electron chi connectivity index (χ4n) is 3.04. The number of fused-ring (bicyclic) bond motifs is 1. The summed E-state index contributed by atoms with van der Waals surface area (Å²) in [6, 6.07) is 21.4. The highest BCUT2D eigenvalue weighted by Gasteiger charge is 1.95. The van der Waals surface area contributed by atoms with E-state index >= 15 is 0 Å². The fourth-order valence-corrected chi connectivity index (χ4v) is 3.04. The third kappa shape index (κ3) is 5.06. The first-order valence-electron chi connectivity index (χ1n) is 9.19. The number of benzene rings is 2. The maximum absolute atomic E-state index is 4.02. The summed E-state index contributed by atoms with van der Waals surface area (Å²) in [5.74, 6) is 0. The van der Waals surface area contributed by atoms with E-state index in [0.717, 1.165) is 12.8 Å². The van der Waals surface area contributed by atoms with Gasteiger partial charge in [0.05, 0.1) is 0 Å². The van der Waals surface area contributed by atoms with Gasteiger partial charge in [0.15, 0.2) is 0 Å². The van der Waals surface area contributed by atoms with Crippen LogP contribution in [0.15, 0.2) is 79.3 Å². The Balaban J connectivity index is 0.000000167. The van der Waals surface area contributed by atoms with E-state index in [4.69, 9.17) is 0 Å². The first kappa shape index (κ1) is 17.9. The second-order valence-electron chi connectivity index (χ2n) is 6.71. The third-order valence-corrected chi connectivity index (χ3v) is 4.61. The zero-order chi connectivity index (χ0) is 18.2. The first-order chi connectivity index (χ1) is 12.7. The van der Waals surface area contributed by atoms with Crippen molar-refractivity contribution in [3.05, 3.63) is 102 Å². The zero-order valence-corrected chi connectivity index (χ0v) is 15.6. The lowest BCUT2D eigenvalue weighted by Crippen LogP contribution is -1.90. The average molecular weight is 342 g/mol. The van der Waals surface area contributed by atoms with Crippen LogP contribution < -0.4 is 0 Å². The number of H-pyrrole nitrogens is 1. The summed E-state index contributed by atoms with van der Waals surface area (Å²) in [5, 5.41) is 1.32. The second-order valence-corrected chi connectivity index (χ2v) is 6.71. The van der Waals surface area contributed by atoms with Gasteiger partial charge in [-0.05, 0) is 74.1 Å². The number of nitrogens with zero attached hydrogens (tertiary/aromatic N) is 1. The van der Waals surface area contributed by atoms with Crippen LogP contribution in [0.25, 0.3) is 10.9 Å². The van der Waals surface area contributed by atoms with Gasteiger partial charge in [-0.1, -0.05) is 42.0 Å². The Kier molecular flexibility index (Phi) is 6.21. The van der Waals surface area contributed by atoms with Gasteiger partial charge in [0.25, 0.3) is 0 Å². The molecule has 0 aliphatic rings. The quantitative estimate of drug-likeness (QED) is 0.481. The van der Waals surface area contributed by atoms with Crippen molar-refractivity contribution in [1.29, 1.82) is 0 Å². The van der Waals surface area contributed by atoms with Crippen LogP contribution in [0.5, 0.6) is 0 Å². The highest BCUT2D eigenvalue weighted by atomic mass is 14.7. The monoisotopic (exact) mass is 342 g/mol. The van der Waals surface area contributed by atoms with E-state index in [-0.39, 0.29) is 0 Å². The number of nitrogens with one attached hydrogen (secondary N) is 1. The van der Waals surface area contributed by atoms with Gasteiger partial charge in [0.2, 0.25) is 0 Å². The first-order valence-corrected chi connectivity index (χ1v) is 9.19. The van der Waals surface area contributed by atoms with Crippen LogP contribution in [0.1, 0.15) is 28.7 Å². The molecule has 0 saturated carbocycles. The van der Waals surface area contributed by atoms with Gasteiger partial charge in [0.1, 0.15) is 0 Å². The summed E-state index contributed by atoms with van der Waals surface area (Å²) < 4.78 is 0. The molecule has 0 saturated heterocycles. The molecule has 2 aromatic heterocycles. The average Bonchev–Trinajstić information content (AvgIpc) is 3.15. The predicted molar refractivity (Wildman–Crippen MR) is 110 cm³/mol. The Morgan fingerprint density at radius 3 is 2.15 bits per heavy atom. The van der Waals surface area contributed by atoms with Gasteiger partial charge in [-0.25, -0.2) is 0 Å². The number of aromatic nitrogens is 2. The number of hydrogen-bond donors (Lipinski definition) is 1. The van der Waals surface area contributed by atoms with E-state index < -0.39 is 0 Å². The van der Waals surface area contributed by atoms with E-state index in [1.165, 1.54) is 39.6 Å². The van der Waals surface area contributed by atoms with Crippen LogP contribution in [0.3, 0.4) is 0 Å². The van der Waals surface area contributed by atoms with Crippen molar-refractivity contribution in [3.63, 3.8) is 0 Å². The molecule has 2 nitrogen and oxygen atoms in total. The van der Waals surface area contributed by atoms with Crippen molar-refractivity contribution in [2.24, 2.45) is 0 Å². The highest BCUT2D eigenvalue weighted by molar-refractivity contribution is 5.82. The Labute approximate surface area is 155 Å². The Morgan fingerprint density at radius 2 is 1.46 bits per heavy atom. The standard InChI is InChI=1S/C15H17N.C9H9N/c1-13-5-7-14(8-6-13)3-2-4-15-9-11-16-12-10-15;1-7-3-2-4-9-8(7)5-6-10-9/h5-12H,2-4H2,1H3;2-6,10H,1H3. The van der Waals surface area contributed by atoms with Crippen molar-refractivity contribution in [3.8, 4) is 0 Å². The molecule has 132 valence electrons. The van der Waals surface area contributed by atoms with E-state index in [9.17, 15) is 0 Å². The van der Waals surface area contributed by atoms with Crippen LogP contribution in [-0.4, -0.2) is 9.97 Å². The van der Waals surface area contributed by atoms with Gasteiger partial charge >= 0.3 is 0 Å². The van der Waals surface area contributed by atoms with Crippen LogP contribution in [-0.2, 0) is 12.8 Å². The molecule has 1 N–H and O–H groups in total. The van der Waals surface area contributed by atoms with Crippen molar-refractivity contribution in [2.45, 2.75) is 33.1 Å². The molecule has 4 aromatic rings. The summed E-state index contributed by atoms with van der Waals surface area (Å²) in [6.45, 7) is 4.25. The molecule has 0 unspecified atom stereocenters. The number of pyridine rings is 1. The lowest BCUT2D eigenvalue weighted by molar-refractivity contribution is 0.819. The normalized spacial score (nSPS) is 10.4. The molecule has 0 bridgehead atoms. The van der Waals surface area contributed by atoms with E-state index in [1.807, 2.05) is 18.6 Å². The van der Waals surface area contributed by atoms with Gasteiger partial charge in [-0.3, -0.25) is 4.98 Å². The van der Waals surface area contributed by atoms with Gasteiger partial charge in [-0.15, -0.1) is 0 Å². The minimum Gasteiger partial charge on any atom is -0.361 e. The van der Waals surface area contributed by atoms with Crippen molar-refractivity contribution in [2.75, 3.05) is 0 Å². The van der Waals surface area contributed by atoms with Gasteiger partial charge in [-0.2, -0.15) is 0 Å². The molecule has 4 rings (SSSR count). The van der Waals surface area contributed by atoms with Crippen molar-refractivity contribution < 1.29 is 0 Å². The molecule has 0 radical (unpaired) electrons. The Bertz CT molecular complexity index is 921. The summed E-state index contributed by atoms with van der Waals surface area (Å²) in [5.41, 5.74) is 6.69. The van der Waals surface area contributed by atoms with E-state index in [2.05, 4.69) is 84.5 Å². The fraction of sp³-hybridized carbons (Fsp3) is 0.208. The number of hydrogen-bond acceptors (Lipinski definition) is 1. The molecule has 0 amide bonds. The van der Waals surface area contributed by atoms with Crippen molar-refractivity contribution >= 4 is 10.9 Å². The molecule has 0 aliphatic heterocycles. The predicted octanol–water partition coefficient (Wildman–Crippen LogP) is 6.04. The molecule has 0 spiro atoms. The summed E-state index contributed by atoms with van der Waals surface area (Å²) in [6.07, 6.45) is 9.19. The Morgan fingerprint density at radius 1 is 0.769 bits per heavy atom. The smallest absolute Gasteiger partial charge is 0.0456 e. The topological polar surface area (TPSA) is 28.7 Å². The minimum absolute atomic E-state index is 1.14. The van der Waals surface area contributed by atoms with Crippen LogP contribution in [0, 0.1) is 13.8 Å². The molecule has 2 heteroatoms. The lowest BCUT2D eigenvalue weighted by Gasteiger charge is -2.02. The van der Waals surface area contributed by atoms with Crippen LogP contribution in [0.4, 0.5) is 0 Å². The highest BCUT2D eigenvalue weighted by Crippen LogP contribution is 2.15. The summed E-state index contributed by atoms with van der Waals surface area (Å²) in [4.78, 5) is 7.18. The molecular formula is C24H26N2. The maximum atomic E-state index is 4.02. The second kappa shape index (κ2) is 9.00. The van der Waals surface area contributed by atoms with Crippen LogP contribution >= 0.6 is 0 Å². The molecule has 0 atom stereocenters. The number of rotatable bonds is 4. The summed E-state index contributed by atoms with van der Waals surface area (Å²) in [7, 11) is 0. The summed E-state index contributed by atoms with van der Waals surface area (Å²) >= 11 is 0. The Hall–Kier alpha value is -2.87. The van der Waals surface area contributed by atoms with E-state index in [1.54, 1.807) is 0 Å². The largest absolute Gasteiger partial charge is 0.361 e. The molecule has 2 heterocycles. The van der Waals surface area contributed by atoms with Crippen molar-refractivity contribution in [1.82, 2.24) is 9.97 Å². The van der Waals surface area contributed by atoms with Gasteiger partial charge in [0, 0.05) is 29.5 Å². The van der Waals surface area contributed by atoms with E-state index in [0.29, 0.717) is 0 Å².